The summed E-state index contributed by atoms with van der Waals surface area (Å²) in [6.45, 7) is 11.9. The molecule has 26 heavy (non-hydrogen) atoms. The van der Waals surface area contributed by atoms with Crippen LogP contribution in [-0.4, -0.2) is 60.9 Å². The molecule has 6 nitrogen and oxygen atoms in total. The van der Waals surface area contributed by atoms with Crippen LogP contribution < -0.4 is 10.6 Å². The molecule has 0 spiro atoms. The van der Waals surface area contributed by atoms with E-state index in [1.165, 1.54) is 5.56 Å². The van der Waals surface area contributed by atoms with Gasteiger partial charge in [0.25, 0.3) is 0 Å². The highest BCUT2D eigenvalue weighted by Gasteiger charge is 2.12. The summed E-state index contributed by atoms with van der Waals surface area (Å²) >= 11 is 0. The Bertz CT molecular complexity index is 571. The molecule has 0 saturated carbocycles. The van der Waals surface area contributed by atoms with Crippen LogP contribution >= 0.6 is 0 Å². The fourth-order valence-corrected chi connectivity index (χ4v) is 2.74. The Morgan fingerprint density at radius 1 is 1.00 bits per heavy atom. The van der Waals surface area contributed by atoms with Gasteiger partial charge in [-0.15, -0.1) is 0 Å². The Labute approximate surface area is 157 Å². The minimum atomic E-state index is -0.0810. The quantitative estimate of drug-likeness (QED) is 0.628. The summed E-state index contributed by atoms with van der Waals surface area (Å²) in [6.07, 6.45) is 0. The van der Waals surface area contributed by atoms with Crippen molar-refractivity contribution in [3.63, 3.8) is 0 Å². The number of benzene rings is 1. The summed E-state index contributed by atoms with van der Waals surface area (Å²) in [7, 11) is 1.77. The first-order valence-electron chi connectivity index (χ1n) is 9.39. The summed E-state index contributed by atoms with van der Waals surface area (Å²) in [5, 5.41) is 5.79. The average molecular weight is 363 g/mol. The maximum absolute atomic E-state index is 12.2. The van der Waals surface area contributed by atoms with Gasteiger partial charge in [0, 0.05) is 19.1 Å². The number of nitrogens with one attached hydrogen (secondary N) is 2. The van der Waals surface area contributed by atoms with Crippen LogP contribution in [0, 0.1) is 0 Å². The number of likely N-dealkylation sites (N-methyl/N-ethyl adjacent to an activating group) is 1. The first kappa shape index (κ1) is 22.1. The fourth-order valence-electron chi connectivity index (χ4n) is 2.74. The molecule has 0 unspecified atom stereocenters. The van der Waals surface area contributed by atoms with Gasteiger partial charge in [-0.1, -0.05) is 38.1 Å². The Morgan fingerprint density at radius 3 is 2.15 bits per heavy atom. The van der Waals surface area contributed by atoms with E-state index in [0.717, 1.165) is 25.2 Å². The van der Waals surface area contributed by atoms with E-state index in [0.29, 0.717) is 6.54 Å². The Kier molecular flexibility index (Phi) is 9.91. The van der Waals surface area contributed by atoms with Crippen LogP contribution in [0.15, 0.2) is 24.3 Å². The number of nitrogens with zero attached hydrogens (tertiary/aromatic N) is 2. The van der Waals surface area contributed by atoms with Crippen molar-refractivity contribution in [1.29, 1.82) is 0 Å². The molecule has 2 N–H and O–H groups in total. The first-order valence-corrected chi connectivity index (χ1v) is 9.39. The zero-order valence-corrected chi connectivity index (χ0v) is 16.8. The van der Waals surface area contributed by atoms with E-state index in [9.17, 15) is 9.59 Å². The molecule has 0 aromatic heterocycles. The van der Waals surface area contributed by atoms with Crippen molar-refractivity contribution >= 4 is 11.8 Å². The molecule has 0 heterocycles. The molecule has 1 rings (SSSR count). The molecule has 1 aromatic rings. The molecule has 0 aliphatic carbocycles. The van der Waals surface area contributed by atoms with Gasteiger partial charge in [0.15, 0.2) is 0 Å². The van der Waals surface area contributed by atoms with E-state index < -0.39 is 0 Å². The molecule has 0 aliphatic rings. The highest BCUT2D eigenvalue weighted by atomic mass is 16.2. The lowest BCUT2D eigenvalue weighted by Gasteiger charge is -2.21. The number of rotatable bonds is 11. The van der Waals surface area contributed by atoms with Crippen LogP contribution in [-0.2, 0) is 22.7 Å². The molecule has 2 amide bonds. The molecule has 6 heteroatoms. The Balaban J connectivity index is 2.51. The molecule has 0 fully saturated rings. The van der Waals surface area contributed by atoms with Gasteiger partial charge < -0.3 is 10.6 Å². The fraction of sp³-hybridized carbons (Fsp3) is 0.600. The zero-order valence-electron chi connectivity index (χ0n) is 16.8. The topological polar surface area (TPSA) is 64.7 Å². The van der Waals surface area contributed by atoms with Crippen molar-refractivity contribution in [2.24, 2.45) is 0 Å². The number of amides is 2. The van der Waals surface area contributed by atoms with Crippen molar-refractivity contribution < 1.29 is 9.59 Å². The van der Waals surface area contributed by atoms with Crippen molar-refractivity contribution in [1.82, 2.24) is 20.4 Å². The van der Waals surface area contributed by atoms with E-state index in [-0.39, 0.29) is 30.9 Å². The molecule has 0 radical (unpaired) electrons. The molecule has 0 aliphatic heterocycles. The number of carbonyl (C=O) groups excluding carboxylic acids is 2. The van der Waals surface area contributed by atoms with Gasteiger partial charge in [-0.05, 0) is 45.1 Å². The molecule has 0 saturated heterocycles. The summed E-state index contributed by atoms with van der Waals surface area (Å²) < 4.78 is 0. The second-order valence-corrected chi connectivity index (χ2v) is 6.90. The smallest absolute Gasteiger partial charge is 0.234 e. The van der Waals surface area contributed by atoms with Gasteiger partial charge in [-0.25, -0.2) is 0 Å². The third-order valence-electron chi connectivity index (χ3n) is 4.16. The average Bonchev–Trinajstić information content (AvgIpc) is 2.57. The molecule has 0 atom stereocenters. The van der Waals surface area contributed by atoms with Gasteiger partial charge in [0.05, 0.1) is 13.1 Å². The van der Waals surface area contributed by atoms with Crippen molar-refractivity contribution in [3.8, 4) is 0 Å². The Morgan fingerprint density at radius 2 is 1.58 bits per heavy atom. The second-order valence-electron chi connectivity index (χ2n) is 6.90. The predicted octanol–water partition coefficient (Wildman–Crippen LogP) is 1.60. The lowest BCUT2D eigenvalue weighted by atomic mass is 10.1. The first-order chi connectivity index (χ1) is 12.3. The molecular weight excluding hydrogens is 328 g/mol. The van der Waals surface area contributed by atoms with Crippen molar-refractivity contribution in [2.75, 3.05) is 33.2 Å². The van der Waals surface area contributed by atoms with Gasteiger partial charge in [0.2, 0.25) is 11.8 Å². The summed E-state index contributed by atoms with van der Waals surface area (Å²) in [6, 6.07) is 8.30. The van der Waals surface area contributed by atoms with Crippen LogP contribution in [0.4, 0.5) is 0 Å². The van der Waals surface area contributed by atoms with E-state index in [4.69, 9.17) is 0 Å². The zero-order chi connectivity index (χ0) is 19.5. The van der Waals surface area contributed by atoms with Crippen molar-refractivity contribution in [3.05, 3.63) is 35.4 Å². The van der Waals surface area contributed by atoms with Crippen molar-refractivity contribution in [2.45, 2.75) is 46.8 Å². The van der Waals surface area contributed by atoms with E-state index >= 15 is 0 Å². The lowest BCUT2D eigenvalue weighted by molar-refractivity contribution is -0.124. The van der Waals surface area contributed by atoms with Gasteiger partial charge in [-0.2, -0.15) is 0 Å². The standard InChI is InChI=1S/C20H34N4O2/c1-6-24(7-2)13-18-11-9-8-10-17(18)12-21-19(25)14-23(5)15-20(26)22-16(3)4/h8-11,16H,6-7,12-15H2,1-5H3,(H,21,25)(H,22,26). The summed E-state index contributed by atoms with van der Waals surface area (Å²) in [5.41, 5.74) is 2.37. The Hall–Kier alpha value is -1.92. The van der Waals surface area contributed by atoms with Crippen LogP contribution in [0.5, 0.6) is 0 Å². The predicted molar refractivity (Wildman–Crippen MR) is 106 cm³/mol. The number of hydrogen-bond donors (Lipinski definition) is 2. The normalized spacial score (nSPS) is 11.2. The third kappa shape index (κ3) is 8.45. The summed E-state index contributed by atoms with van der Waals surface area (Å²) in [4.78, 5) is 28.0. The van der Waals surface area contributed by atoms with Gasteiger partial charge in [-0.3, -0.25) is 19.4 Å². The van der Waals surface area contributed by atoms with Gasteiger partial charge in [0.1, 0.15) is 0 Å². The minimum absolute atomic E-state index is 0.0696. The summed E-state index contributed by atoms with van der Waals surface area (Å²) in [5.74, 6) is -0.151. The monoisotopic (exact) mass is 362 g/mol. The van der Waals surface area contributed by atoms with Crippen LogP contribution in [0.2, 0.25) is 0 Å². The maximum Gasteiger partial charge on any atom is 0.234 e. The second kappa shape index (κ2) is 11.6. The minimum Gasteiger partial charge on any atom is -0.353 e. The van der Waals surface area contributed by atoms with E-state index in [1.54, 1.807) is 11.9 Å². The molecular formula is C20H34N4O2. The van der Waals surface area contributed by atoms with E-state index in [2.05, 4.69) is 41.5 Å². The van der Waals surface area contributed by atoms with E-state index in [1.807, 2.05) is 26.0 Å². The third-order valence-corrected chi connectivity index (χ3v) is 4.16. The number of hydrogen-bond acceptors (Lipinski definition) is 4. The molecule has 1 aromatic carbocycles. The lowest BCUT2D eigenvalue weighted by Crippen LogP contribution is -2.42. The maximum atomic E-state index is 12.2. The SMILES string of the molecule is CCN(CC)Cc1ccccc1CNC(=O)CN(C)CC(=O)NC(C)C. The largest absolute Gasteiger partial charge is 0.353 e. The molecule has 146 valence electrons. The van der Waals surface area contributed by atoms with Crippen LogP contribution in [0.1, 0.15) is 38.8 Å². The van der Waals surface area contributed by atoms with Crippen LogP contribution in [0.25, 0.3) is 0 Å². The highest BCUT2D eigenvalue weighted by Crippen LogP contribution is 2.11. The molecule has 0 bridgehead atoms. The number of carbonyl (C=O) groups is 2. The highest BCUT2D eigenvalue weighted by molar-refractivity contribution is 5.81. The van der Waals surface area contributed by atoms with Gasteiger partial charge >= 0.3 is 0 Å². The van der Waals surface area contributed by atoms with Crippen LogP contribution in [0.3, 0.4) is 0 Å².